The van der Waals surface area contributed by atoms with Crippen LogP contribution in [0.1, 0.15) is 11.7 Å². The van der Waals surface area contributed by atoms with Crippen LogP contribution in [0.2, 0.25) is 0 Å². The van der Waals surface area contributed by atoms with E-state index in [4.69, 9.17) is 0 Å². The molecule has 1 aromatic rings. The minimum atomic E-state index is 0.440. The first kappa shape index (κ1) is 8.72. The maximum absolute atomic E-state index is 4.42. The van der Waals surface area contributed by atoms with Gasteiger partial charge in [-0.15, -0.1) is 0 Å². The van der Waals surface area contributed by atoms with Gasteiger partial charge in [-0.1, -0.05) is 0 Å². The van der Waals surface area contributed by atoms with Crippen molar-refractivity contribution in [3.63, 3.8) is 0 Å². The van der Waals surface area contributed by atoms with E-state index in [9.17, 15) is 0 Å². The van der Waals surface area contributed by atoms with Gasteiger partial charge in [0.05, 0.1) is 11.7 Å². The summed E-state index contributed by atoms with van der Waals surface area (Å²) in [7, 11) is 4.11. The molecule has 1 aliphatic heterocycles. The maximum atomic E-state index is 4.42. The zero-order valence-electron chi connectivity index (χ0n) is 8.20. The van der Waals surface area contributed by atoms with E-state index in [1.54, 1.807) is 0 Å². The van der Waals surface area contributed by atoms with Crippen LogP contribution in [-0.4, -0.2) is 41.4 Å². The number of nitrogens with one attached hydrogen (secondary N) is 1. The third kappa shape index (κ3) is 1.73. The molecule has 2 heterocycles. The van der Waals surface area contributed by atoms with Gasteiger partial charge in [0.25, 0.3) is 0 Å². The molecule has 0 spiro atoms. The molecule has 0 aromatic carbocycles. The van der Waals surface area contributed by atoms with Crippen LogP contribution in [0.25, 0.3) is 0 Å². The molecule has 1 unspecified atom stereocenters. The zero-order valence-corrected chi connectivity index (χ0v) is 8.20. The van der Waals surface area contributed by atoms with Crippen LogP contribution >= 0.6 is 0 Å². The third-order valence-corrected chi connectivity index (χ3v) is 2.59. The number of nitrogens with zero attached hydrogens (tertiary/aromatic N) is 3. The highest BCUT2D eigenvalue weighted by Crippen LogP contribution is 2.17. The van der Waals surface area contributed by atoms with Gasteiger partial charge >= 0.3 is 0 Å². The lowest BCUT2D eigenvalue weighted by Crippen LogP contribution is -2.44. The van der Waals surface area contributed by atoms with E-state index in [1.165, 1.54) is 0 Å². The summed E-state index contributed by atoms with van der Waals surface area (Å²) in [5, 5.41) is 7.80. The first-order valence-corrected chi connectivity index (χ1v) is 4.68. The second-order valence-corrected chi connectivity index (χ2v) is 3.61. The molecule has 1 saturated heterocycles. The van der Waals surface area contributed by atoms with Crippen LogP contribution in [0, 0.1) is 0 Å². The Balaban J connectivity index is 2.14. The second-order valence-electron chi connectivity index (χ2n) is 3.61. The summed E-state index contributed by atoms with van der Waals surface area (Å²) < 4.78 is 1.86. The Morgan fingerprint density at radius 3 is 3.00 bits per heavy atom. The molecule has 72 valence electrons. The highest BCUT2D eigenvalue weighted by molar-refractivity contribution is 5.07. The monoisotopic (exact) mass is 180 g/mol. The van der Waals surface area contributed by atoms with Gasteiger partial charge in [-0.3, -0.25) is 9.58 Å². The van der Waals surface area contributed by atoms with E-state index < -0.39 is 0 Å². The number of aryl methyl sites for hydroxylation is 1. The normalized spacial score (nSPS) is 24.9. The summed E-state index contributed by atoms with van der Waals surface area (Å²) in [5.41, 5.74) is 1.16. The number of rotatable bonds is 1. The fraction of sp³-hybridized carbons (Fsp3) is 0.667. The molecule has 0 radical (unpaired) electrons. The van der Waals surface area contributed by atoms with Gasteiger partial charge in [-0.05, 0) is 13.1 Å². The Morgan fingerprint density at radius 2 is 2.38 bits per heavy atom. The molecule has 0 aliphatic carbocycles. The lowest BCUT2D eigenvalue weighted by Gasteiger charge is -2.31. The third-order valence-electron chi connectivity index (χ3n) is 2.59. The summed E-state index contributed by atoms with van der Waals surface area (Å²) >= 11 is 0. The van der Waals surface area contributed by atoms with Gasteiger partial charge in [-0.25, -0.2) is 0 Å². The highest BCUT2D eigenvalue weighted by atomic mass is 15.3. The van der Waals surface area contributed by atoms with Gasteiger partial charge in [-0.2, -0.15) is 5.10 Å². The molecule has 4 nitrogen and oxygen atoms in total. The minimum absolute atomic E-state index is 0.440. The fourth-order valence-electron chi connectivity index (χ4n) is 1.75. The van der Waals surface area contributed by atoms with Crippen molar-refractivity contribution >= 4 is 0 Å². The highest BCUT2D eigenvalue weighted by Gasteiger charge is 2.21. The molecule has 0 amide bonds. The molecule has 1 atom stereocenters. The molecule has 2 rings (SSSR count). The Hall–Kier alpha value is -0.870. The molecule has 4 heteroatoms. The molecule has 1 aromatic heterocycles. The van der Waals surface area contributed by atoms with Crippen molar-refractivity contribution in [1.29, 1.82) is 0 Å². The predicted molar refractivity (Wildman–Crippen MR) is 51.4 cm³/mol. The van der Waals surface area contributed by atoms with Crippen molar-refractivity contribution in [2.24, 2.45) is 7.05 Å². The summed E-state index contributed by atoms with van der Waals surface area (Å²) in [6.45, 7) is 3.19. The van der Waals surface area contributed by atoms with Crippen molar-refractivity contribution in [3.8, 4) is 0 Å². The SMILES string of the molecule is CN1CCNCC1c1ccn(C)n1. The average molecular weight is 180 g/mol. The minimum Gasteiger partial charge on any atom is -0.313 e. The molecule has 13 heavy (non-hydrogen) atoms. The van der Waals surface area contributed by atoms with Crippen LogP contribution in [0.5, 0.6) is 0 Å². The predicted octanol–water partition coefficient (Wildman–Crippen LogP) is -0.00380. The van der Waals surface area contributed by atoms with Crippen molar-refractivity contribution in [2.75, 3.05) is 26.7 Å². The smallest absolute Gasteiger partial charge is 0.0808 e. The maximum Gasteiger partial charge on any atom is 0.0808 e. The Kier molecular flexibility index (Phi) is 2.33. The van der Waals surface area contributed by atoms with E-state index in [0.717, 1.165) is 25.3 Å². The van der Waals surface area contributed by atoms with Gasteiger partial charge in [0, 0.05) is 32.9 Å². The summed E-state index contributed by atoms with van der Waals surface area (Å²) in [4.78, 5) is 2.35. The lowest BCUT2D eigenvalue weighted by molar-refractivity contribution is 0.197. The molecular weight excluding hydrogens is 164 g/mol. The first-order valence-electron chi connectivity index (χ1n) is 4.68. The fourth-order valence-corrected chi connectivity index (χ4v) is 1.75. The van der Waals surface area contributed by atoms with Crippen LogP contribution in [0.4, 0.5) is 0 Å². The van der Waals surface area contributed by atoms with Gasteiger partial charge in [0.1, 0.15) is 0 Å². The van der Waals surface area contributed by atoms with Crippen molar-refractivity contribution < 1.29 is 0 Å². The van der Waals surface area contributed by atoms with Crippen molar-refractivity contribution in [1.82, 2.24) is 20.0 Å². The van der Waals surface area contributed by atoms with E-state index >= 15 is 0 Å². The van der Waals surface area contributed by atoms with Crippen LogP contribution in [0.3, 0.4) is 0 Å². The molecule has 0 saturated carbocycles. The molecule has 1 aliphatic rings. The largest absolute Gasteiger partial charge is 0.313 e. The van der Waals surface area contributed by atoms with Gasteiger partial charge in [0.2, 0.25) is 0 Å². The van der Waals surface area contributed by atoms with Gasteiger partial charge < -0.3 is 5.32 Å². The number of likely N-dealkylation sites (N-methyl/N-ethyl adjacent to an activating group) is 1. The number of piperazine rings is 1. The van der Waals surface area contributed by atoms with E-state index in [-0.39, 0.29) is 0 Å². The Morgan fingerprint density at radius 1 is 1.54 bits per heavy atom. The summed E-state index contributed by atoms with van der Waals surface area (Å²) in [6.07, 6.45) is 2.00. The quantitative estimate of drug-likeness (QED) is 0.660. The molecule has 0 bridgehead atoms. The Labute approximate surface area is 78.5 Å². The molecule has 1 N–H and O–H groups in total. The van der Waals surface area contributed by atoms with Gasteiger partial charge in [0.15, 0.2) is 0 Å². The summed E-state index contributed by atoms with van der Waals surface area (Å²) in [5.74, 6) is 0. The van der Waals surface area contributed by atoms with Crippen molar-refractivity contribution in [3.05, 3.63) is 18.0 Å². The van der Waals surface area contributed by atoms with E-state index in [1.807, 2.05) is 17.9 Å². The number of hydrogen-bond acceptors (Lipinski definition) is 3. The average Bonchev–Trinajstić information content (AvgIpc) is 2.53. The zero-order chi connectivity index (χ0) is 9.26. The van der Waals surface area contributed by atoms with Crippen molar-refractivity contribution in [2.45, 2.75) is 6.04 Å². The molecule has 1 fully saturated rings. The van der Waals surface area contributed by atoms with Crippen LogP contribution in [-0.2, 0) is 7.05 Å². The van der Waals surface area contributed by atoms with Crippen LogP contribution in [0.15, 0.2) is 12.3 Å². The van der Waals surface area contributed by atoms with E-state index in [0.29, 0.717) is 6.04 Å². The standard InChI is InChI=1S/C9H16N4/c1-12-6-4-10-7-9(12)8-3-5-13(2)11-8/h3,5,9-10H,4,6-7H2,1-2H3. The topological polar surface area (TPSA) is 33.1 Å². The second kappa shape index (κ2) is 3.47. The summed E-state index contributed by atoms with van der Waals surface area (Å²) in [6, 6.07) is 2.53. The lowest BCUT2D eigenvalue weighted by atomic mass is 10.1. The Bertz CT molecular complexity index is 281. The molecular formula is C9H16N4. The van der Waals surface area contributed by atoms with E-state index in [2.05, 4.69) is 28.4 Å². The van der Waals surface area contributed by atoms with Crippen LogP contribution < -0.4 is 5.32 Å². The number of hydrogen-bond donors (Lipinski definition) is 1. The first-order chi connectivity index (χ1) is 6.27. The number of aromatic nitrogens is 2.